The smallest absolute Gasteiger partial charge is 0.234 e. The van der Waals surface area contributed by atoms with E-state index in [0.717, 1.165) is 10.7 Å². The van der Waals surface area contributed by atoms with E-state index < -0.39 is 0 Å². The molecule has 0 saturated heterocycles. The van der Waals surface area contributed by atoms with Crippen LogP contribution >= 0.6 is 11.3 Å². The lowest BCUT2D eigenvalue weighted by atomic mass is 10.3. The summed E-state index contributed by atoms with van der Waals surface area (Å²) >= 11 is 1.60. The molecule has 0 fully saturated rings. The predicted molar refractivity (Wildman–Crippen MR) is 68.0 cm³/mol. The maximum Gasteiger partial charge on any atom is 0.234 e. The van der Waals surface area contributed by atoms with E-state index in [1.54, 1.807) is 18.4 Å². The van der Waals surface area contributed by atoms with Gasteiger partial charge in [0.25, 0.3) is 0 Å². The van der Waals surface area contributed by atoms with Gasteiger partial charge < -0.3 is 15.4 Å². The molecule has 17 heavy (non-hydrogen) atoms. The van der Waals surface area contributed by atoms with Gasteiger partial charge in [-0.05, 0) is 13.8 Å². The Morgan fingerprint density at radius 3 is 3.00 bits per heavy atom. The first-order valence-electron chi connectivity index (χ1n) is 5.52. The predicted octanol–water partition coefficient (Wildman–Crippen LogP) is 0.692. The van der Waals surface area contributed by atoms with Crippen molar-refractivity contribution in [3.8, 4) is 0 Å². The molecule has 0 aromatic carbocycles. The third-order valence-electron chi connectivity index (χ3n) is 2.05. The zero-order chi connectivity index (χ0) is 12.7. The van der Waals surface area contributed by atoms with Crippen LogP contribution in [0.4, 0.5) is 0 Å². The molecule has 1 rings (SSSR count). The van der Waals surface area contributed by atoms with Gasteiger partial charge in [0, 0.05) is 30.8 Å². The van der Waals surface area contributed by atoms with Crippen LogP contribution in [0.15, 0.2) is 5.38 Å². The molecule has 1 aromatic rings. The third-order valence-corrected chi connectivity index (χ3v) is 3.02. The number of aromatic nitrogens is 1. The van der Waals surface area contributed by atoms with E-state index in [0.29, 0.717) is 19.7 Å². The number of carbonyl (C=O) groups excluding carboxylic acids is 1. The van der Waals surface area contributed by atoms with Crippen molar-refractivity contribution in [3.05, 3.63) is 16.1 Å². The van der Waals surface area contributed by atoms with Crippen LogP contribution in [0.2, 0.25) is 0 Å². The van der Waals surface area contributed by atoms with Gasteiger partial charge in [-0.25, -0.2) is 4.98 Å². The zero-order valence-electron chi connectivity index (χ0n) is 10.4. The van der Waals surface area contributed by atoms with Crippen molar-refractivity contribution in [2.45, 2.75) is 26.4 Å². The fraction of sp³-hybridized carbons (Fsp3) is 0.636. The van der Waals surface area contributed by atoms with Crippen molar-refractivity contribution in [1.82, 2.24) is 15.6 Å². The second-order valence-corrected chi connectivity index (χ2v) is 4.85. The van der Waals surface area contributed by atoms with Crippen molar-refractivity contribution >= 4 is 17.2 Å². The highest BCUT2D eigenvalue weighted by atomic mass is 32.1. The van der Waals surface area contributed by atoms with Crippen LogP contribution in [-0.2, 0) is 16.1 Å². The number of carbonyl (C=O) groups is 1. The summed E-state index contributed by atoms with van der Waals surface area (Å²) in [7, 11) is 1.62. The second kappa shape index (κ2) is 7.37. The Bertz CT molecular complexity index is 354. The molecule has 0 bridgehead atoms. The molecule has 1 unspecified atom stereocenters. The largest absolute Gasteiger partial charge is 0.383 e. The Morgan fingerprint density at radius 2 is 2.41 bits per heavy atom. The van der Waals surface area contributed by atoms with Crippen LogP contribution in [0, 0.1) is 6.92 Å². The van der Waals surface area contributed by atoms with Gasteiger partial charge >= 0.3 is 0 Å². The summed E-state index contributed by atoms with van der Waals surface area (Å²) in [6.07, 6.45) is 0. The van der Waals surface area contributed by atoms with E-state index in [2.05, 4.69) is 15.6 Å². The minimum absolute atomic E-state index is 0.0252. The molecule has 0 aliphatic carbocycles. The molecule has 5 nitrogen and oxygen atoms in total. The highest BCUT2D eigenvalue weighted by molar-refractivity contribution is 7.09. The van der Waals surface area contributed by atoms with Gasteiger partial charge in [0.15, 0.2) is 0 Å². The molecular weight excluding hydrogens is 238 g/mol. The number of thiazole rings is 1. The molecule has 0 aliphatic heterocycles. The van der Waals surface area contributed by atoms with Gasteiger partial charge in [0.1, 0.15) is 5.01 Å². The van der Waals surface area contributed by atoms with Crippen molar-refractivity contribution < 1.29 is 9.53 Å². The molecule has 0 spiro atoms. The first-order valence-corrected chi connectivity index (χ1v) is 6.39. The number of rotatable bonds is 7. The quantitative estimate of drug-likeness (QED) is 0.754. The Labute approximate surface area is 106 Å². The Kier molecular flexibility index (Phi) is 6.10. The lowest BCUT2D eigenvalue weighted by molar-refractivity contribution is -0.121. The number of hydrogen-bond donors (Lipinski definition) is 2. The van der Waals surface area contributed by atoms with E-state index in [9.17, 15) is 4.79 Å². The van der Waals surface area contributed by atoms with Crippen molar-refractivity contribution in [3.63, 3.8) is 0 Å². The molecule has 6 heteroatoms. The summed E-state index contributed by atoms with van der Waals surface area (Å²) in [5, 5.41) is 8.88. The van der Waals surface area contributed by atoms with E-state index in [1.165, 1.54) is 0 Å². The Morgan fingerprint density at radius 1 is 1.65 bits per heavy atom. The SMILES string of the molecule is COCC(C)NC(=O)CNCc1nc(C)cs1. The minimum Gasteiger partial charge on any atom is -0.383 e. The van der Waals surface area contributed by atoms with E-state index in [4.69, 9.17) is 4.74 Å². The fourth-order valence-corrected chi connectivity index (χ4v) is 2.13. The molecule has 1 atom stereocenters. The van der Waals surface area contributed by atoms with Gasteiger partial charge in [-0.15, -0.1) is 11.3 Å². The van der Waals surface area contributed by atoms with Gasteiger partial charge in [-0.3, -0.25) is 4.79 Å². The van der Waals surface area contributed by atoms with E-state index in [1.807, 2.05) is 19.2 Å². The van der Waals surface area contributed by atoms with Crippen LogP contribution in [0.5, 0.6) is 0 Å². The van der Waals surface area contributed by atoms with Crippen molar-refractivity contribution in [1.29, 1.82) is 0 Å². The van der Waals surface area contributed by atoms with Crippen LogP contribution in [0.3, 0.4) is 0 Å². The number of hydrogen-bond acceptors (Lipinski definition) is 5. The molecular formula is C11H19N3O2S. The zero-order valence-corrected chi connectivity index (χ0v) is 11.3. The van der Waals surface area contributed by atoms with Gasteiger partial charge in [0.05, 0.1) is 13.2 Å². The van der Waals surface area contributed by atoms with Crippen LogP contribution in [0.1, 0.15) is 17.6 Å². The topological polar surface area (TPSA) is 63.2 Å². The average Bonchev–Trinajstić information content (AvgIpc) is 2.64. The molecule has 1 amide bonds. The molecule has 2 N–H and O–H groups in total. The average molecular weight is 257 g/mol. The third kappa shape index (κ3) is 5.76. The highest BCUT2D eigenvalue weighted by Gasteiger charge is 2.06. The summed E-state index contributed by atoms with van der Waals surface area (Å²) in [6, 6.07) is 0.0383. The molecule has 0 saturated carbocycles. The van der Waals surface area contributed by atoms with Crippen molar-refractivity contribution in [2.24, 2.45) is 0 Å². The first-order chi connectivity index (χ1) is 8.11. The maximum atomic E-state index is 11.5. The Balaban J connectivity index is 2.16. The molecule has 1 heterocycles. The molecule has 96 valence electrons. The van der Waals surface area contributed by atoms with Gasteiger partial charge in [-0.1, -0.05) is 0 Å². The number of nitrogens with zero attached hydrogens (tertiary/aromatic N) is 1. The lowest BCUT2D eigenvalue weighted by Gasteiger charge is -2.12. The van der Waals surface area contributed by atoms with Crippen LogP contribution in [0.25, 0.3) is 0 Å². The normalized spacial score (nSPS) is 12.4. The lowest BCUT2D eigenvalue weighted by Crippen LogP contribution is -2.40. The number of nitrogens with one attached hydrogen (secondary N) is 2. The van der Waals surface area contributed by atoms with Gasteiger partial charge in [-0.2, -0.15) is 0 Å². The molecule has 0 aliphatic rings. The highest BCUT2D eigenvalue weighted by Crippen LogP contribution is 2.07. The first kappa shape index (κ1) is 14.1. The summed E-state index contributed by atoms with van der Waals surface area (Å²) in [6.45, 7) is 5.32. The molecule has 0 radical (unpaired) electrons. The van der Waals surface area contributed by atoms with Gasteiger partial charge in [0.2, 0.25) is 5.91 Å². The van der Waals surface area contributed by atoms with Crippen molar-refractivity contribution in [2.75, 3.05) is 20.3 Å². The number of ether oxygens (including phenoxy) is 1. The molecule has 1 aromatic heterocycles. The number of amides is 1. The number of aryl methyl sites for hydroxylation is 1. The summed E-state index contributed by atoms with van der Waals surface area (Å²) < 4.78 is 4.94. The summed E-state index contributed by atoms with van der Waals surface area (Å²) in [4.78, 5) is 15.8. The minimum atomic E-state index is -0.0252. The number of methoxy groups -OCH3 is 1. The maximum absolute atomic E-state index is 11.5. The second-order valence-electron chi connectivity index (χ2n) is 3.91. The fourth-order valence-electron chi connectivity index (χ4n) is 1.38. The van der Waals surface area contributed by atoms with E-state index in [-0.39, 0.29) is 11.9 Å². The monoisotopic (exact) mass is 257 g/mol. The Hall–Kier alpha value is -0.980. The summed E-state index contributed by atoms with van der Waals surface area (Å²) in [5.41, 5.74) is 1.02. The van der Waals surface area contributed by atoms with Crippen LogP contribution in [-0.4, -0.2) is 37.2 Å². The van der Waals surface area contributed by atoms with Crippen LogP contribution < -0.4 is 10.6 Å². The summed E-state index contributed by atoms with van der Waals surface area (Å²) in [5.74, 6) is -0.0252. The standard InChI is InChI=1S/C11H19N3O2S/c1-8(6-16-3)13-10(15)4-12-5-11-14-9(2)7-17-11/h7-8,12H,4-6H2,1-3H3,(H,13,15). The van der Waals surface area contributed by atoms with E-state index >= 15 is 0 Å².